The van der Waals surface area contributed by atoms with Gasteiger partial charge in [-0.1, -0.05) is 30.3 Å². The number of benzene rings is 3. The van der Waals surface area contributed by atoms with Gasteiger partial charge in [-0.3, -0.25) is 15.0 Å². The number of hydrogen-bond acceptors (Lipinski definition) is 12. The van der Waals surface area contributed by atoms with Crippen molar-refractivity contribution in [1.82, 2.24) is 29.9 Å². The Morgan fingerprint density at radius 2 is 1.24 bits per heavy atom. The number of hydrogen-bond donors (Lipinski definition) is 2. The molecule has 18 heteroatoms. The van der Waals surface area contributed by atoms with E-state index in [0.29, 0.717) is 46.7 Å². The summed E-state index contributed by atoms with van der Waals surface area (Å²) in [6.45, 7) is 0.327. The van der Waals surface area contributed by atoms with Crippen LogP contribution in [-0.4, -0.2) is 57.8 Å². The normalized spacial score (nSPS) is 11.4. The molecule has 0 aliphatic rings. The van der Waals surface area contributed by atoms with E-state index >= 15 is 0 Å². The van der Waals surface area contributed by atoms with Crippen LogP contribution in [0.1, 0.15) is 12.1 Å². The average molecular weight is 829 g/mol. The maximum absolute atomic E-state index is 14.8. The first-order chi connectivity index (χ1) is 28.2. The van der Waals surface area contributed by atoms with E-state index in [-0.39, 0.29) is 45.0 Å². The number of methoxy groups -OCH3 is 1. The zero-order valence-electron chi connectivity index (χ0n) is 30.9. The van der Waals surface area contributed by atoms with Crippen molar-refractivity contribution in [1.29, 1.82) is 0 Å². The van der Waals surface area contributed by atoms with E-state index < -0.39 is 33.3 Å². The van der Waals surface area contributed by atoms with Gasteiger partial charge in [0.25, 0.3) is 0 Å². The second-order valence-electron chi connectivity index (χ2n) is 12.5. The zero-order valence-corrected chi connectivity index (χ0v) is 31.8. The van der Waals surface area contributed by atoms with Crippen molar-refractivity contribution >= 4 is 21.5 Å². The second kappa shape index (κ2) is 18.1. The molecule has 0 bridgehead atoms. The number of sulfone groups is 1. The Morgan fingerprint density at radius 3 is 1.80 bits per heavy atom. The Bertz CT molecular complexity index is 2670. The molecule has 3 aromatic carbocycles. The number of ether oxygens (including phenoxy) is 2. The summed E-state index contributed by atoms with van der Waals surface area (Å²) in [4.78, 5) is 23.3. The number of para-hydroxylation sites is 1. The lowest BCUT2D eigenvalue weighted by Gasteiger charge is -2.13. The largest absolute Gasteiger partial charge is 0.457 e. The minimum absolute atomic E-state index is 0.0379. The SMILES string of the molecule is COCCCS(=O)(=O)c1ncccc1-c1ccc(-c2cnc(N)cn2)c(F)c1.Nc1cnc(-c2ccc(-c3ccccc3Oc3ccnc(C(F)(F)F)c3)cc2F)cn1. The average Bonchev–Trinajstić information content (AvgIpc) is 3.22. The Kier molecular flexibility index (Phi) is 12.8. The van der Waals surface area contributed by atoms with Crippen molar-refractivity contribution in [2.24, 2.45) is 0 Å². The number of halogens is 5. The molecule has 12 nitrogen and oxygen atoms in total. The molecule has 0 unspecified atom stereocenters. The van der Waals surface area contributed by atoms with E-state index in [4.69, 9.17) is 20.9 Å². The molecule has 7 aromatic rings. The fourth-order valence-corrected chi connectivity index (χ4v) is 7.07. The van der Waals surface area contributed by atoms with Gasteiger partial charge in [0.15, 0.2) is 14.9 Å². The van der Waals surface area contributed by atoms with Crippen LogP contribution in [0.25, 0.3) is 44.8 Å². The van der Waals surface area contributed by atoms with E-state index in [0.717, 1.165) is 12.3 Å². The molecule has 4 heterocycles. The molecule has 4 aromatic heterocycles. The number of nitrogens with zero attached hydrogens (tertiary/aromatic N) is 6. The van der Waals surface area contributed by atoms with E-state index in [2.05, 4.69) is 29.9 Å². The molecule has 302 valence electrons. The van der Waals surface area contributed by atoms with Gasteiger partial charge in [0.2, 0.25) is 0 Å². The molecule has 0 aliphatic heterocycles. The number of nitrogen functional groups attached to an aromatic ring is 2. The van der Waals surface area contributed by atoms with Gasteiger partial charge >= 0.3 is 6.18 Å². The summed E-state index contributed by atoms with van der Waals surface area (Å²) >= 11 is 0. The van der Waals surface area contributed by atoms with Crippen molar-refractivity contribution in [2.75, 3.05) is 30.9 Å². The van der Waals surface area contributed by atoms with Crippen LogP contribution >= 0.6 is 0 Å². The Hall–Kier alpha value is -6.92. The monoisotopic (exact) mass is 828 g/mol. The summed E-state index contributed by atoms with van der Waals surface area (Å²) < 4.78 is 104. The lowest BCUT2D eigenvalue weighted by molar-refractivity contribution is -0.141. The molecule has 0 saturated heterocycles. The standard InChI is InChI=1S/C22H14F4N4O.C19H19FN4O3S/c23-17-9-13(5-6-16(17)18-11-30-21(27)12-29-18)15-3-1-2-4-19(15)31-14-7-8-28-20(10-14)22(24,25)26;1-27-8-3-9-28(25,26)19-14(4-2-7-22-19)13-5-6-15(16(20)10-13)17-11-24-18(21)12-23-17/h1-12H,(H2,27,30);2,4-7,10-12H,3,8-9H2,1H3,(H2,21,24). The van der Waals surface area contributed by atoms with Crippen LogP contribution < -0.4 is 16.2 Å². The number of anilines is 2. The Balaban J connectivity index is 0.000000199. The number of nitrogens with two attached hydrogens (primary N) is 2. The van der Waals surface area contributed by atoms with E-state index in [1.807, 2.05) is 0 Å². The van der Waals surface area contributed by atoms with Crippen LogP contribution in [0.4, 0.5) is 33.6 Å². The molecule has 0 radical (unpaired) electrons. The minimum atomic E-state index is -4.59. The predicted molar refractivity (Wildman–Crippen MR) is 210 cm³/mol. The summed E-state index contributed by atoms with van der Waals surface area (Å²) in [5.41, 5.74) is 12.8. The molecule has 0 amide bonds. The van der Waals surface area contributed by atoms with Crippen LogP contribution in [0.3, 0.4) is 0 Å². The second-order valence-corrected chi connectivity index (χ2v) is 14.6. The Labute approximate surface area is 334 Å². The lowest BCUT2D eigenvalue weighted by atomic mass is 10.0. The van der Waals surface area contributed by atoms with Gasteiger partial charge < -0.3 is 20.9 Å². The zero-order chi connectivity index (χ0) is 42.2. The van der Waals surface area contributed by atoms with Gasteiger partial charge in [-0.05, 0) is 66.1 Å². The van der Waals surface area contributed by atoms with Gasteiger partial charge in [0.1, 0.15) is 40.5 Å². The van der Waals surface area contributed by atoms with Gasteiger partial charge in [-0.2, -0.15) is 13.2 Å². The molecule has 7 rings (SSSR count). The first kappa shape index (κ1) is 41.7. The topological polar surface area (TPSA) is 182 Å². The molecule has 0 fully saturated rings. The molecule has 59 heavy (non-hydrogen) atoms. The molecule has 0 saturated carbocycles. The number of aromatic nitrogens is 6. The third-order valence-electron chi connectivity index (χ3n) is 8.42. The van der Waals surface area contributed by atoms with Gasteiger partial charge in [0, 0.05) is 54.4 Å². The predicted octanol–water partition coefficient (Wildman–Crippen LogP) is 8.48. The van der Waals surface area contributed by atoms with Crippen LogP contribution in [0.5, 0.6) is 11.5 Å². The summed E-state index contributed by atoms with van der Waals surface area (Å²) in [6.07, 6.45) is 3.59. The van der Waals surface area contributed by atoms with E-state index in [9.17, 15) is 30.4 Å². The lowest BCUT2D eigenvalue weighted by Crippen LogP contribution is -2.12. The Morgan fingerprint density at radius 1 is 0.644 bits per heavy atom. The molecular weight excluding hydrogens is 796 g/mol. The number of alkyl halides is 3. The third-order valence-corrected chi connectivity index (χ3v) is 10.2. The quantitative estimate of drug-likeness (QED) is 0.0939. The van der Waals surface area contributed by atoms with Crippen molar-refractivity contribution < 1.29 is 39.8 Å². The number of rotatable bonds is 11. The van der Waals surface area contributed by atoms with Crippen LogP contribution in [0.15, 0.2) is 127 Å². The van der Waals surface area contributed by atoms with Crippen molar-refractivity contribution in [3.05, 3.63) is 139 Å². The molecule has 4 N–H and O–H groups in total. The van der Waals surface area contributed by atoms with E-state index in [1.54, 1.807) is 48.5 Å². The minimum Gasteiger partial charge on any atom is -0.457 e. The van der Waals surface area contributed by atoms with Gasteiger partial charge in [-0.15, -0.1) is 0 Å². The first-order valence-electron chi connectivity index (χ1n) is 17.5. The van der Waals surface area contributed by atoms with E-state index in [1.165, 1.54) is 68.4 Å². The molecule has 0 spiro atoms. The highest BCUT2D eigenvalue weighted by Gasteiger charge is 2.33. The first-order valence-corrected chi connectivity index (χ1v) is 19.1. The smallest absolute Gasteiger partial charge is 0.433 e. The highest BCUT2D eigenvalue weighted by Crippen LogP contribution is 2.37. The maximum Gasteiger partial charge on any atom is 0.433 e. The summed E-state index contributed by atoms with van der Waals surface area (Å²) in [7, 11) is -2.13. The van der Waals surface area contributed by atoms with Crippen LogP contribution in [-0.2, 0) is 20.8 Å². The maximum atomic E-state index is 14.8. The van der Waals surface area contributed by atoms with Crippen LogP contribution in [0, 0.1) is 11.6 Å². The highest BCUT2D eigenvalue weighted by atomic mass is 32.2. The van der Waals surface area contributed by atoms with Gasteiger partial charge in [-0.25, -0.2) is 32.2 Å². The van der Waals surface area contributed by atoms with Crippen molar-refractivity contribution in [3.8, 4) is 56.3 Å². The summed E-state index contributed by atoms with van der Waals surface area (Å²) in [5.74, 6) is -0.522. The van der Waals surface area contributed by atoms with Crippen molar-refractivity contribution in [2.45, 2.75) is 17.6 Å². The fourth-order valence-electron chi connectivity index (χ4n) is 5.63. The summed E-state index contributed by atoms with van der Waals surface area (Å²) in [5, 5.41) is -0.0782. The molecular formula is C41H33F5N8O4S. The highest BCUT2D eigenvalue weighted by molar-refractivity contribution is 7.91. The fraction of sp³-hybridized carbons (Fsp3) is 0.122. The van der Waals surface area contributed by atoms with Crippen molar-refractivity contribution in [3.63, 3.8) is 0 Å². The molecule has 0 aliphatic carbocycles. The van der Waals surface area contributed by atoms with Gasteiger partial charge in [0.05, 0.1) is 41.9 Å². The summed E-state index contributed by atoms with van der Waals surface area (Å²) in [6, 6.07) is 20.9. The number of pyridine rings is 2. The van der Waals surface area contributed by atoms with Crippen LogP contribution in [0.2, 0.25) is 0 Å². The molecule has 0 atom stereocenters. The third kappa shape index (κ3) is 10.3.